The van der Waals surface area contributed by atoms with E-state index in [1.807, 2.05) is 0 Å². The molecule has 0 aliphatic rings. The van der Waals surface area contributed by atoms with E-state index in [0.29, 0.717) is 4.47 Å². The van der Waals surface area contributed by atoms with Gasteiger partial charge in [-0.1, -0.05) is 33.6 Å². The van der Waals surface area contributed by atoms with Crippen molar-refractivity contribution >= 4 is 27.5 Å². The lowest BCUT2D eigenvalue weighted by Crippen LogP contribution is -2.03. The van der Waals surface area contributed by atoms with Gasteiger partial charge in [0.25, 0.3) is 0 Å². The average Bonchev–Trinajstić information content (AvgIpc) is 2.31. The first-order valence-corrected chi connectivity index (χ1v) is 6.27. The molecule has 0 radical (unpaired) electrons. The Morgan fingerprint density at radius 3 is 2.50 bits per heavy atom. The fourth-order valence-electron chi connectivity index (χ4n) is 1.64. The molecule has 2 aromatic rings. The van der Waals surface area contributed by atoms with Crippen LogP contribution in [0, 0.1) is 5.82 Å². The molecule has 0 saturated carbocycles. The molecule has 18 heavy (non-hydrogen) atoms. The Morgan fingerprint density at radius 1 is 1.11 bits per heavy atom. The molecule has 0 bridgehead atoms. The third-order valence-electron chi connectivity index (χ3n) is 2.54. The maximum Gasteiger partial charge on any atom is 0.130 e. The lowest BCUT2D eigenvalue weighted by Gasteiger charge is -2.14. The molecule has 0 aliphatic heterocycles. The summed E-state index contributed by atoms with van der Waals surface area (Å²) in [4.78, 5) is 0. The molecular weight excluding hydrogens is 322 g/mol. The van der Waals surface area contributed by atoms with E-state index in [-0.39, 0.29) is 21.9 Å². The van der Waals surface area contributed by atoms with Gasteiger partial charge in [-0.3, -0.25) is 0 Å². The molecule has 5 heteroatoms. The van der Waals surface area contributed by atoms with Gasteiger partial charge in [-0.2, -0.15) is 0 Å². The van der Waals surface area contributed by atoms with E-state index < -0.39 is 11.9 Å². The lowest BCUT2D eigenvalue weighted by atomic mass is 10.0. The highest BCUT2D eigenvalue weighted by molar-refractivity contribution is 9.10. The monoisotopic (exact) mass is 330 g/mol. The fraction of sp³-hybridized carbons (Fsp3) is 0.0769. The second kappa shape index (κ2) is 5.26. The molecule has 0 heterocycles. The number of halogens is 3. The Hall–Kier alpha value is -1.10. The summed E-state index contributed by atoms with van der Waals surface area (Å²) >= 11 is 8.88. The van der Waals surface area contributed by atoms with E-state index in [1.54, 1.807) is 6.07 Å². The molecule has 1 atom stereocenters. The van der Waals surface area contributed by atoms with E-state index in [0.717, 1.165) is 6.07 Å². The van der Waals surface area contributed by atoms with Crippen LogP contribution in [0.2, 0.25) is 5.02 Å². The zero-order chi connectivity index (χ0) is 13.3. The van der Waals surface area contributed by atoms with Gasteiger partial charge in [0.15, 0.2) is 0 Å². The van der Waals surface area contributed by atoms with Crippen molar-refractivity contribution in [2.24, 2.45) is 0 Å². The molecule has 0 fully saturated rings. The number of benzene rings is 2. The predicted molar refractivity (Wildman–Crippen MR) is 71.3 cm³/mol. The quantitative estimate of drug-likeness (QED) is 0.872. The molecule has 0 spiro atoms. The Balaban J connectivity index is 2.47. The van der Waals surface area contributed by atoms with Gasteiger partial charge in [-0.05, 0) is 30.3 Å². The number of hydrogen-bond donors (Lipinski definition) is 2. The summed E-state index contributed by atoms with van der Waals surface area (Å²) in [5.41, 5.74) is 0.290. The van der Waals surface area contributed by atoms with Crippen molar-refractivity contribution in [3.63, 3.8) is 0 Å². The van der Waals surface area contributed by atoms with Crippen LogP contribution in [0.15, 0.2) is 40.9 Å². The molecule has 94 valence electrons. The first-order chi connectivity index (χ1) is 8.49. The van der Waals surface area contributed by atoms with Crippen molar-refractivity contribution in [2.45, 2.75) is 6.10 Å². The highest BCUT2D eigenvalue weighted by atomic mass is 79.9. The van der Waals surface area contributed by atoms with Crippen LogP contribution in [0.3, 0.4) is 0 Å². The van der Waals surface area contributed by atoms with Gasteiger partial charge < -0.3 is 10.2 Å². The third kappa shape index (κ3) is 2.66. The van der Waals surface area contributed by atoms with E-state index in [2.05, 4.69) is 15.9 Å². The molecular formula is C13H9BrClFO2. The van der Waals surface area contributed by atoms with E-state index in [1.165, 1.54) is 24.3 Å². The Morgan fingerprint density at radius 2 is 1.83 bits per heavy atom. The topological polar surface area (TPSA) is 40.5 Å². The predicted octanol–water partition coefficient (Wildman–Crippen LogP) is 4.03. The summed E-state index contributed by atoms with van der Waals surface area (Å²) < 4.78 is 14.4. The Labute approximate surface area is 117 Å². The van der Waals surface area contributed by atoms with Crippen molar-refractivity contribution in [3.05, 3.63) is 62.8 Å². The standard InChI is InChI=1S/C13H9BrClFO2/c14-7-1-4-12(17)10(5-7)13(18)9-3-2-8(15)6-11(9)16/h1-6,13,17-18H. The molecule has 2 N–H and O–H groups in total. The van der Waals surface area contributed by atoms with Gasteiger partial charge in [0.05, 0.1) is 0 Å². The van der Waals surface area contributed by atoms with Crippen LogP contribution in [0.25, 0.3) is 0 Å². The molecule has 0 saturated heterocycles. The zero-order valence-electron chi connectivity index (χ0n) is 9.07. The second-order valence-corrected chi connectivity index (χ2v) is 5.12. The minimum absolute atomic E-state index is 0.0628. The Bertz CT molecular complexity index is 589. The normalized spacial score (nSPS) is 12.4. The number of aliphatic hydroxyl groups excluding tert-OH is 1. The summed E-state index contributed by atoms with van der Waals surface area (Å²) in [5.74, 6) is -0.713. The van der Waals surface area contributed by atoms with Crippen LogP contribution in [-0.4, -0.2) is 10.2 Å². The number of rotatable bonds is 2. The van der Waals surface area contributed by atoms with Crippen LogP contribution in [0.1, 0.15) is 17.2 Å². The highest BCUT2D eigenvalue weighted by Crippen LogP contribution is 2.33. The molecule has 0 aromatic heterocycles. The summed E-state index contributed by atoms with van der Waals surface area (Å²) in [6.07, 6.45) is -1.25. The number of aromatic hydroxyl groups is 1. The van der Waals surface area contributed by atoms with Gasteiger partial charge in [0, 0.05) is 20.6 Å². The summed E-state index contributed by atoms with van der Waals surface area (Å²) in [6, 6.07) is 8.59. The first kappa shape index (κ1) is 13.3. The SMILES string of the molecule is Oc1ccc(Br)cc1C(O)c1ccc(Cl)cc1F. The average molecular weight is 332 g/mol. The molecule has 0 aliphatic carbocycles. The van der Waals surface area contributed by atoms with Crippen LogP contribution >= 0.6 is 27.5 Å². The Kier molecular flexibility index (Phi) is 3.90. The minimum atomic E-state index is -1.25. The molecule has 2 nitrogen and oxygen atoms in total. The summed E-state index contributed by atoms with van der Waals surface area (Å²) in [6.45, 7) is 0. The highest BCUT2D eigenvalue weighted by Gasteiger charge is 2.18. The first-order valence-electron chi connectivity index (χ1n) is 5.10. The minimum Gasteiger partial charge on any atom is -0.508 e. The van der Waals surface area contributed by atoms with Gasteiger partial charge in [0.1, 0.15) is 17.7 Å². The third-order valence-corrected chi connectivity index (χ3v) is 3.27. The molecule has 1 unspecified atom stereocenters. The van der Waals surface area contributed by atoms with Gasteiger partial charge in [0.2, 0.25) is 0 Å². The number of aliphatic hydroxyl groups is 1. The molecule has 0 amide bonds. The van der Waals surface area contributed by atoms with Crippen molar-refractivity contribution < 1.29 is 14.6 Å². The fourth-order valence-corrected chi connectivity index (χ4v) is 2.17. The van der Waals surface area contributed by atoms with Gasteiger partial charge >= 0.3 is 0 Å². The van der Waals surface area contributed by atoms with Crippen LogP contribution in [0.5, 0.6) is 5.75 Å². The summed E-state index contributed by atoms with van der Waals surface area (Å²) in [5, 5.41) is 20.0. The molecule has 2 rings (SSSR count). The molecule has 2 aromatic carbocycles. The number of phenolic OH excluding ortho intramolecular Hbond substituents is 1. The van der Waals surface area contributed by atoms with Crippen molar-refractivity contribution in [1.29, 1.82) is 0 Å². The van der Waals surface area contributed by atoms with Gasteiger partial charge in [-0.25, -0.2) is 4.39 Å². The maximum absolute atomic E-state index is 13.7. The second-order valence-electron chi connectivity index (χ2n) is 3.77. The smallest absolute Gasteiger partial charge is 0.130 e. The largest absolute Gasteiger partial charge is 0.508 e. The van der Waals surface area contributed by atoms with Gasteiger partial charge in [-0.15, -0.1) is 0 Å². The van der Waals surface area contributed by atoms with Crippen molar-refractivity contribution in [3.8, 4) is 5.75 Å². The van der Waals surface area contributed by atoms with E-state index in [4.69, 9.17) is 11.6 Å². The van der Waals surface area contributed by atoms with Crippen molar-refractivity contribution in [1.82, 2.24) is 0 Å². The van der Waals surface area contributed by atoms with E-state index in [9.17, 15) is 14.6 Å². The van der Waals surface area contributed by atoms with E-state index >= 15 is 0 Å². The van der Waals surface area contributed by atoms with Crippen molar-refractivity contribution in [2.75, 3.05) is 0 Å². The lowest BCUT2D eigenvalue weighted by molar-refractivity contribution is 0.210. The maximum atomic E-state index is 13.7. The van der Waals surface area contributed by atoms with Crippen LogP contribution in [0.4, 0.5) is 4.39 Å². The number of hydrogen-bond acceptors (Lipinski definition) is 2. The number of phenols is 1. The van der Waals surface area contributed by atoms with Crippen LogP contribution < -0.4 is 0 Å². The zero-order valence-corrected chi connectivity index (χ0v) is 11.4. The van der Waals surface area contributed by atoms with Crippen LogP contribution in [-0.2, 0) is 0 Å². The summed E-state index contributed by atoms with van der Waals surface area (Å²) in [7, 11) is 0.